The third kappa shape index (κ3) is 3.37. The summed E-state index contributed by atoms with van der Waals surface area (Å²) in [4.78, 5) is 25.3. The fourth-order valence-corrected chi connectivity index (χ4v) is 2.82. The van der Waals surface area contributed by atoms with Gasteiger partial charge < -0.3 is 4.90 Å². The Morgan fingerprint density at radius 3 is 2.67 bits per heavy atom. The molecule has 1 aliphatic rings. The number of hydrogen-bond donors (Lipinski definition) is 1. The van der Waals surface area contributed by atoms with Crippen molar-refractivity contribution in [2.45, 2.75) is 19.0 Å². The molecule has 0 saturated carbocycles. The van der Waals surface area contributed by atoms with Crippen molar-refractivity contribution in [2.24, 2.45) is 0 Å². The fourth-order valence-electron chi connectivity index (χ4n) is 2.38. The highest BCUT2D eigenvalue weighted by Gasteiger charge is 2.33. The Balaban J connectivity index is 1.98. The lowest BCUT2D eigenvalue weighted by Crippen LogP contribution is -2.25. The monoisotopic (exact) mass is 356 g/mol. The predicted molar refractivity (Wildman–Crippen MR) is 80.9 cm³/mol. The molecule has 126 valence electrons. The summed E-state index contributed by atoms with van der Waals surface area (Å²) in [5.74, 6) is -1.00. The van der Waals surface area contributed by atoms with E-state index >= 15 is 0 Å². The van der Waals surface area contributed by atoms with Crippen molar-refractivity contribution < 1.29 is 22.8 Å². The first-order chi connectivity index (χ1) is 11.3. The van der Waals surface area contributed by atoms with Gasteiger partial charge in [0.05, 0.1) is 5.56 Å². The molecule has 0 spiro atoms. The molecule has 1 N–H and O–H groups in total. The Kier molecular flexibility index (Phi) is 4.22. The lowest BCUT2D eigenvalue weighted by atomic mass is 10.1. The molecule has 1 aromatic heterocycles. The lowest BCUT2D eigenvalue weighted by molar-refractivity contribution is -0.137. The minimum Gasteiger partial charge on any atom is -0.312 e. The van der Waals surface area contributed by atoms with Crippen LogP contribution in [0.4, 0.5) is 24.0 Å². The summed E-state index contributed by atoms with van der Waals surface area (Å²) in [6.07, 6.45) is -3.78. The van der Waals surface area contributed by atoms with E-state index < -0.39 is 17.6 Å². The second-order valence-electron chi connectivity index (χ2n) is 5.11. The normalized spacial score (nSPS) is 15.0. The highest BCUT2D eigenvalue weighted by molar-refractivity contribution is 7.13. The average Bonchev–Trinajstić information content (AvgIpc) is 3.17. The van der Waals surface area contributed by atoms with Gasteiger partial charge in [-0.25, -0.2) is 0 Å². The molecule has 0 radical (unpaired) electrons. The van der Waals surface area contributed by atoms with Crippen LogP contribution < -0.4 is 10.2 Å². The van der Waals surface area contributed by atoms with Crippen LogP contribution in [0, 0.1) is 0 Å². The van der Waals surface area contributed by atoms with Crippen molar-refractivity contribution in [1.82, 2.24) is 10.2 Å². The molecular weight excluding hydrogens is 345 g/mol. The molecule has 2 aromatic rings. The third-order valence-electron chi connectivity index (χ3n) is 3.47. The number of hydrogen-bond acceptors (Lipinski definition) is 5. The first-order valence-electron chi connectivity index (χ1n) is 6.95. The van der Waals surface area contributed by atoms with Gasteiger partial charge in [0, 0.05) is 24.2 Å². The zero-order valence-corrected chi connectivity index (χ0v) is 12.9. The molecule has 1 fully saturated rings. The number of aromatic nitrogens is 2. The van der Waals surface area contributed by atoms with Gasteiger partial charge >= 0.3 is 6.18 Å². The molecule has 10 heteroatoms. The molecular formula is C14H11F3N4O2S. The second kappa shape index (κ2) is 6.19. The Bertz CT molecular complexity index is 777. The number of anilines is 2. The van der Waals surface area contributed by atoms with Gasteiger partial charge in [-0.1, -0.05) is 11.3 Å². The van der Waals surface area contributed by atoms with E-state index in [1.54, 1.807) is 0 Å². The molecule has 0 atom stereocenters. The predicted octanol–water partition coefficient (Wildman–Crippen LogP) is 2.94. The van der Waals surface area contributed by atoms with Gasteiger partial charge in [-0.05, 0) is 24.6 Å². The molecule has 0 unspecified atom stereocenters. The quantitative estimate of drug-likeness (QED) is 0.918. The third-order valence-corrected chi connectivity index (χ3v) is 4.08. The topological polar surface area (TPSA) is 75.2 Å². The number of carbonyl (C=O) groups excluding carboxylic acids is 2. The Morgan fingerprint density at radius 1 is 1.29 bits per heavy atom. The van der Waals surface area contributed by atoms with Crippen LogP contribution in [-0.2, 0) is 11.0 Å². The molecule has 2 amide bonds. The van der Waals surface area contributed by atoms with E-state index in [2.05, 4.69) is 15.5 Å². The maximum atomic E-state index is 13.1. The Hall–Kier alpha value is -2.49. The fraction of sp³-hybridized carbons (Fsp3) is 0.286. The number of rotatable bonds is 3. The van der Waals surface area contributed by atoms with Crippen LogP contribution in [0.3, 0.4) is 0 Å². The number of nitrogens with zero attached hydrogens (tertiary/aromatic N) is 3. The van der Waals surface area contributed by atoms with Gasteiger partial charge in [-0.3, -0.25) is 14.9 Å². The van der Waals surface area contributed by atoms with Gasteiger partial charge in [0.1, 0.15) is 5.51 Å². The number of halogens is 3. The van der Waals surface area contributed by atoms with E-state index in [1.807, 2.05) is 0 Å². The van der Waals surface area contributed by atoms with E-state index in [0.717, 1.165) is 23.5 Å². The largest absolute Gasteiger partial charge is 0.416 e. The van der Waals surface area contributed by atoms with Gasteiger partial charge in [0.25, 0.3) is 5.91 Å². The molecule has 1 aromatic carbocycles. The van der Waals surface area contributed by atoms with E-state index in [4.69, 9.17) is 0 Å². The zero-order chi connectivity index (χ0) is 17.3. The number of nitrogens with one attached hydrogen (secondary N) is 1. The standard InChI is InChI=1S/C14H11F3N4O2S/c15-14(16,17)9-4-8(12(23)19-13-20-18-7-24-13)5-10(6-9)21-3-1-2-11(21)22/h4-7H,1-3H2,(H,19,20,23). The summed E-state index contributed by atoms with van der Waals surface area (Å²) in [7, 11) is 0. The lowest BCUT2D eigenvalue weighted by Gasteiger charge is -2.19. The summed E-state index contributed by atoms with van der Waals surface area (Å²) < 4.78 is 39.4. The highest BCUT2D eigenvalue weighted by Crippen LogP contribution is 2.34. The number of carbonyl (C=O) groups is 2. The van der Waals surface area contributed by atoms with Crippen molar-refractivity contribution in [2.75, 3.05) is 16.8 Å². The molecule has 3 rings (SSSR count). The van der Waals surface area contributed by atoms with Crippen molar-refractivity contribution >= 4 is 34.0 Å². The molecule has 0 bridgehead atoms. The Labute approximate surface area is 138 Å². The number of benzene rings is 1. The molecule has 1 saturated heterocycles. The van der Waals surface area contributed by atoms with Gasteiger partial charge in [0.15, 0.2) is 0 Å². The van der Waals surface area contributed by atoms with Crippen molar-refractivity contribution in [3.8, 4) is 0 Å². The van der Waals surface area contributed by atoms with Crippen LogP contribution in [-0.4, -0.2) is 28.6 Å². The van der Waals surface area contributed by atoms with Crippen LogP contribution >= 0.6 is 11.3 Å². The van der Waals surface area contributed by atoms with Crippen LogP contribution in [0.25, 0.3) is 0 Å². The maximum Gasteiger partial charge on any atom is 0.416 e. The summed E-state index contributed by atoms with van der Waals surface area (Å²) >= 11 is 1.04. The number of amides is 2. The second-order valence-corrected chi connectivity index (χ2v) is 5.95. The van der Waals surface area contributed by atoms with E-state index in [0.29, 0.717) is 13.0 Å². The summed E-state index contributed by atoms with van der Waals surface area (Å²) in [6.45, 7) is 0.331. The summed E-state index contributed by atoms with van der Waals surface area (Å²) in [6, 6.07) is 2.90. The Morgan fingerprint density at radius 2 is 2.08 bits per heavy atom. The van der Waals surface area contributed by atoms with Gasteiger partial charge in [-0.2, -0.15) is 13.2 Å². The van der Waals surface area contributed by atoms with E-state index in [9.17, 15) is 22.8 Å². The van der Waals surface area contributed by atoms with Crippen LogP contribution in [0.1, 0.15) is 28.8 Å². The summed E-state index contributed by atoms with van der Waals surface area (Å²) in [5, 5.41) is 9.71. The van der Waals surface area contributed by atoms with E-state index in [1.165, 1.54) is 16.5 Å². The van der Waals surface area contributed by atoms with Gasteiger partial charge in [0.2, 0.25) is 11.0 Å². The van der Waals surface area contributed by atoms with Crippen molar-refractivity contribution in [3.63, 3.8) is 0 Å². The first-order valence-corrected chi connectivity index (χ1v) is 7.83. The van der Waals surface area contributed by atoms with E-state index in [-0.39, 0.29) is 28.7 Å². The van der Waals surface area contributed by atoms with Gasteiger partial charge in [-0.15, -0.1) is 10.2 Å². The smallest absolute Gasteiger partial charge is 0.312 e. The van der Waals surface area contributed by atoms with Crippen LogP contribution in [0.15, 0.2) is 23.7 Å². The highest BCUT2D eigenvalue weighted by atomic mass is 32.1. The molecule has 0 aliphatic carbocycles. The average molecular weight is 356 g/mol. The minimum absolute atomic E-state index is 0.0646. The molecule has 1 aliphatic heterocycles. The molecule has 6 nitrogen and oxygen atoms in total. The van der Waals surface area contributed by atoms with Crippen LogP contribution in [0.2, 0.25) is 0 Å². The maximum absolute atomic E-state index is 13.1. The number of alkyl halides is 3. The van der Waals surface area contributed by atoms with Crippen molar-refractivity contribution in [3.05, 3.63) is 34.8 Å². The first kappa shape index (κ1) is 16.4. The molecule has 2 heterocycles. The SMILES string of the molecule is O=C(Nc1nncs1)c1cc(N2CCCC2=O)cc(C(F)(F)F)c1. The molecule has 24 heavy (non-hydrogen) atoms. The van der Waals surface area contributed by atoms with Crippen molar-refractivity contribution in [1.29, 1.82) is 0 Å². The minimum atomic E-state index is -4.63. The zero-order valence-electron chi connectivity index (χ0n) is 12.1. The summed E-state index contributed by atoms with van der Waals surface area (Å²) in [5.41, 5.74) is 0.266. The van der Waals surface area contributed by atoms with Crippen LogP contribution in [0.5, 0.6) is 0 Å².